The normalized spacial score (nSPS) is 12.0. The Hall–Kier alpha value is -2.47. The number of hydrogen-bond donors (Lipinski definition) is 1. The van der Waals surface area contributed by atoms with Crippen LogP contribution >= 0.6 is 0 Å². The van der Waals surface area contributed by atoms with Gasteiger partial charge in [-0.3, -0.25) is 10.1 Å². The number of para-hydroxylation sites is 2. The van der Waals surface area contributed by atoms with E-state index in [9.17, 15) is 14.5 Å². The summed E-state index contributed by atoms with van der Waals surface area (Å²) in [6, 6.07) is 8.34. The highest BCUT2D eigenvalue weighted by atomic mass is 19.1. The number of benzene rings is 2. The number of rotatable bonds is 4. The number of halogens is 1. The van der Waals surface area contributed by atoms with E-state index in [1.165, 1.54) is 24.3 Å². The van der Waals surface area contributed by atoms with Gasteiger partial charge in [0, 0.05) is 17.7 Å². The molecule has 0 bridgehead atoms. The third-order valence-electron chi connectivity index (χ3n) is 3.06. The number of nitro benzene ring substituents is 1. The van der Waals surface area contributed by atoms with Gasteiger partial charge in [0.25, 0.3) is 0 Å². The minimum Gasteiger partial charge on any atom is -0.450 e. The van der Waals surface area contributed by atoms with Gasteiger partial charge in [-0.15, -0.1) is 0 Å². The summed E-state index contributed by atoms with van der Waals surface area (Å²) in [6.07, 6.45) is 0. The molecule has 2 aromatic carbocycles. The van der Waals surface area contributed by atoms with Crippen molar-refractivity contribution in [2.75, 3.05) is 0 Å². The molecular formula is C15H15FN2O3. The molecule has 0 saturated heterocycles. The van der Waals surface area contributed by atoms with Crippen LogP contribution in [0.2, 0.25) is 0 Å². The summed E-state index contributed by atoms with van der Waals surface area (Å²) in [5.74, 6) is 0.0193. The quantitative estimate of drug-likeness (QED) is 0.685. The van der Waals surface area contributed by atoms with E-state index in [1.807, 2.05) is 0 Å². The molecule has 6 heteroatoms. The van der Waals surface area contributed by atoms with Crippen LogP contribution in [0, 0.1) is 22.9 Å². The molecule has 0 heterocycles. The Labute approximate surface area is 121 Å². The van der Waals surface area contributed by atoms with Crippen LogP contribution in [-0.4, -0.2) is 4.92 Å². The van der Waals surface area contributed by atoms with Crippen molar-refractivity contribution in [3.8, 4) is 11.5 Å². The Morgan fingerprint density at radius 3 is 2.57 bits per heavy atom. The lowest BCUT2D eigenvalue weighted by atomic mass is 10.0. The van der Waals surface area contributed by atoms with E-state index < -0.39 is 16.8 Å². The van der Waals surface area contributed by atoms with Gasteiger partial charge in [0.1, 0.15) is 11.6 Å². The van der Waals surface area contributed by atoms with Crippen molar-refractivity contribution in [2.24, 2.45) is 5.73 Å². The van der Waals surface area contributed by atoms with E-state index in [0.717, 1.165) is 0 Å². The molecule has 0 fully saturated rings. The molecule has 0 saturated carbocycles. The number of nitrogens with two attached hydrogens (primary N) is 1. The van der Waals surface area contributed by atoms with Crippen LogP contribution < -0.4 is 10.5 Å². The predicted octanol–water partition coefficient (Wildman–Crippen LogP) is 3.85. The van der Waals surface area contributed by atoms with Gasteiger partial charge in [0.05, 0.1) is 4.92 Å². The molecule has 21 heavy (non-hydrogen) atoms. The van der Waals surface area contributed by atoms with Crippen LogP contribution in [0.5, 0.6) is 11.5 Å². The Bertz CT molecular complexity index is 687. The van der Waals surface area contributed by atoms with Gasteiger partial charge in [0.2, 0.25) is 5.75 Å². The van der Waals surface area contributed by atoms with Crippen molar-refractivity contribution < 1.29 is 14.1 Å². The first-order valence-electron chi connectivity index (χ1n) is 6.37. The molecule has 5 nitrogen and oxygen atoms in total. The second-order valence-electron chi connectivity index (χ2n) is 4.75. The topological polar surface area (TPSA) is 78.4 Å². The van der Waals surface area contributed by atoms with Crippen LogP contribution in [0.15, 0.2) is 36.4 Å². The average Bonchev–Trinajstić information content (AvgIpc) is 2.42. The Morgan fingerprint density at radius 2 is 1.95 bits per heavy atom. The fourth-order valence-corrected chi connectivity index (χ4v) is 1.93. The van der Waals surface area contributed by atoms with E-state index in [0.29, 0.717) is 16.9 Å². The van der Waals surface area contributed by atoms with Crippen molar-refractivity contribution in [2.45, 2.75) is 19.9 Å². The molecule has 0 spiro atoms. The third kappa shape index (κ3) is 3.17. The molecule has 0 aromatic heterocycles. The fourth-order valence-electron chi connectivity index (χ4n) is 1.93. The van der Waals surface area contributed by atoms with Gasteiger partial charge in [-0.1, -0.05) is 12.1 Å². The van der Waals surface area contributed by atoms with E-state index in [1.54, 1.807) is 26.0 Å². The van der Waals surface area contributed by atoms with Crippen molar-refractivity contribution in [3.63, 3.8) is 0 Å². The summed E-state index contributed by atoms with van der Waals surface area (Å²) in [5, 5.41) is 11.0. The second-order valence-corrected chi connectivity index (χ2v) is 4.75. The fraction of sp³-hybridized carbons (Fsp3) is 0.200. The molecule has 1 atom stereocenters. The third-order valence-corrected chi connectivity index (χ3v) is 3.06. The van der Waals surface area contributed by atoms with Crippen LogP contribution in [0.4, 0.5) is 10.1 Å². The van der Waals surface area contributed by atoms with Crippen molar-refractivity contribution in [3.05, 3.63) is 63.5 Å². The van der Waals surface area contributed by atoms with Gasteiger partial charge in [0.15, 0.2) is 0 Å². The van der Waals surface area contributed by atoms with Crippen molar-refractivity contribution >= 4 is 5.69 Å². The molecule has 2 N–H and O–H groups in total. The number of ether oxygens (including phenoxy) is 1. The first-order chi connectivity index (χ1) is 9.90. The van der Waals surface area contributed by atoms with Gasteiger partial charge >= 0.3 is 5.69 Å². The van der Waals surface area contributed by atoms with Gasteiger partial charge < -0.3 is 10.5 Å². The molecule has 0 radical (unpaired) electrons. The molecular weight excluding hydrogens is 275 g/mol. The molecule has 2 rings (SSSR count). The average molecular weight is 290 g/mol. The maximum atomic E-state index is 13.6. The SMILES string of the molecule is Cc1cc(Oc2ccccc2[N+](=O)[O-])c(C(C)N)cc1F. The van der Waals surface area contributed by atoms with E-state index in [2.05, 4.69) is 0 Å². The maximum Gasteiger partial charge on any atom is 0.311 e. The van der Waals surface area contributed by atoms with Gasteiger partial charge in [-0.2, -0.15) is 0 Å². The minimum atomic E-state index is -0.530. The van der Waals surface area contributed by atoms with Crippen molar-refractivity contribution in [1.29, 1.82) is 0 Å². The lowest BCUT2D eigenvalue weighted by molar-refractivity contribution is -0.385. The Kier molecular flexibility index (Phi) is 4.18. The minimum absolute atomic E-state index is 0.0930. The zero-order chi connectivity index (χ0) is 15.6. The van der Waals surface area contributed by atoms with Gasteiger partial charge in [-0.05, 0) is 37.6 Å². The molecule has 0 aliphatic rings. The largest absolute Gasteiger partial charge is 0.450 e. The summed E-state index contributed by atoms with van der Waals surface area (Å²) < 4.78 is 19.3. The molecule has 0 aliphatic carbocycles. The molecule has 110 valence electrons. The standard InChI is InChI=1S/C15H15FN2O3/c1-9-7-15(11(10(2)17)8-12(9)16)21-14-6-4-3-5-13(14)18(19)20/h3-8,10H,17H2,1-2H3. The zero-order valence-corrected chi connectivity index (χ0v) is 11.7. The summed E-state index contributed by atoms with van der Waals surface area (Å²) in [4.78, 5) is 10.5. The number of nitro groups is 1. The zero-order valence-electron chi connectivity index (χ0n) is 11.7. The van der Waals surface area contributed by atoms with E-state index >= 15 is 0 Å². The summed E-state index contributed by atoms with van der Waals surface area (Å²) >= 11 is 0. The van der Waals surface area contributed by atoms with Crippen LogP contribution in [0.1, 0.15) is 24.1 Å². The summed E-state index contributed by atoms with van der Waals surface area (Å²) in [6.45, 7) is 3.28. The number of aryl methyl sites for hydroxylation is 1. The highest BCUT2D eigenvalue weighted by molar-refractivity contribution is 5.50. The lowest BCUT2D eigenvalue weighted by Gasteiger charge is -2.15. The molecule has 0 aliphatic heterocycles. The van der Waals surface area contributed by atoms with E-state index in [4.69, 9.17) is 10.5 Å². The smallest absolute Gasteiger partial charge is 0.311 e. The van der Waals surface area contributed by atoms with Crippen LogP contribution in [0.25, 0.3) is 0 Å². The van der Waals surface area contributed by atoms with Crippen LogP contribution in [0.3, 0.4) is 0 Å². The van der Waals surface area contributed by atoms with E-state index in [-0.39, 0.29) is 11.4 Å². The Balaban J connectivity index is 2.49. The first-order valence-corrected chi connectivity index (χ1v) is 6.37. The number of nitrogens with zero attached hydrogens (tertiary/aromatic N) is 1. The summed E-state index contributed by atoms with van der Waals surface area (Å²) in [7, 11) is 0. The maximum absolute atomic E-state index is 13.6. The highest BCUT2D eigenvalue weighted by Crippen LogP contribution is 2.35. The lowest BCUT2D eigenvalue weighted by Crippen LogP contribution is -2.08. The summed E-state index contributed by atoms with van der Waals surface area (Å²) in [5.41, 5.74) is 6.48. The first kappa shape index (κ1) is 14.9. The monoisotopic (exact) mass is 290 g/mol. The molecule has 2 aromatic rings. The molecule has 0 amide bonds. The Morgan fingerprint density at radius 1 is 1.29 bits per heavy atom. The predicted molar refractivity (Wildman–Crippen MR) is 76.9 cm³/mol. The molecule has 1 unspecified atom stereocenters. The second kappa shape index (κ2) is 5.88. The number of hydrogen-bond acceptors (Lipinski definition) is 4. The van der Waals surface area contributed by atoms with Crippen molar-refractivity contribution in [1.82, 2.24) is 0 Å². The van der Waals surface area contributed by atoms with Crippen LogP contribution in [-0.2, 0) is 0 Å². The highest BCUT2D eigenvalue weighted by Gasteiger charge is 2.18. The van der Waals surface area contributed by atoms with Gasteiger partial charge in [-0.25, -0.2) is 4.39 Å².